The number of anilines is 1. The van der Waals surface area contributed by atoms with E-state index in [1.165, 1.54) is 11.1 Å². The first-order valence-electron chi connectivity index (χ1n) is 7.90. The average molecular weight is 315 g/mol. The summed E-state index contributed by atoms with van der Waals surface area (Å²) in [5, 5.41) is 3.29. The molecule has 0 saturated carbocycles. The lowest BCUT2D eigenvalue weighted by Crippen LogP contribution is -2.25. The number of amides is 2. The minimum Gasteiger partial charge on any atom is -0.444 e. The molecule has 3 rings (SSSR count). The van der Waals surface area contributed by atoms with Crippen LogP contribution < -0.4 is 16.0 Å². The minimum absolute atomic E-state index is 0.229. The van der Waals surface area contributed by atoms with Crippen molar-refractivity contribution in [3.63, 3.8) is 0 Å². The fraction of sp³-hybridized carbons (Fsp3) is 0.412. The number of benzene rings is 1. The molecule has 1 aromatic rings. The smallest absolute Gasteiger partial charge is 0.414 e. The first-order chi connectivity index (χ1) is 11.1. The molecule has 2 aliphatic heterocycles. The third-order valence-electron chi connectivity index (χ3n) is 4.20. The number of rotatable bonds is 5. The van der Waals surface area contributed by atoms with E-state index in [1.807, 2.05) is 24.3 Å². The zero-order chi connectivity index (χ0) is 16.2. The zero-order valence-electron chi connectivity index (χ0n) is 13.0. The Kier molecular flexibility index (Phi) is 4.62. The van der Waals surface area contributed by atoms with E-state index in [0.717, 1.165) is 25.2 Å². The van der Waals surface area contributed by atoms with Crippen LogP contribution in [-0.4, -0.2) is 37.7 Å². The van der Waals surface area contributed by atoms with Gasteiger partial charge >= 0.3 is 6.09 Å². The number of nitrogens with one attached hydrogen (secondary N) is 1. The molecule has 1 fully saturated rings. The largest absolute Gasteiger partial charge is 0.444 e. The molecule has 0 radical (unpaired) electrons. The van der Waals surface area contributed by atoms with Gasteiger partial charge in [0, 0.05) is 18.7 Å². The fourth-order valence-corrected chi connectivity index (χ4v) is 2.93. The molecule has 2 amide bonds. The summed E-state index contributed by atoms with van der Waals surface area (Å²) >= 11 is 0. The van der Waals surface area contributed by atoms with Gasteiger partial charge in [-0.05, 0) is 42.7 Å². The van der Waals surface area contributed by atoms with Crippen molar-refractivity contribution < 1.29 is 14.3 Å². The maximum Gasteiger partial charge on any atom is 0.414 e. The second-order valence-corrected chi connectivity index (χ2v) is 5.85. The van der Waals surface area contributed by atoms with Crippen molar-refractivity contribution in [1.82, 2.24) is 5.32 Å². The van der Waals surface area contributed by atoms with Gasteiger partial charge in [-0.2, -0.15) is 0 Å². The predicted octanol–water partition coefficient (Wildman–Crippen LogP) is 1.65. The Bertz CT molecular complexity index is 624. The summed E-state index contributed by atoms with van der Waals surface area (Å²) in [5.41, 5.74) is 8.47. The van der Waals surface area contributed by atoms with Gasteiger partial charge in [-0.25, -0.2) is 4.79 Å². The van der Waals surface area contributed by atoms with Crippen molar-refractivity contribution in [3.05, 3.63) is 35.9 Å². The van der Waals surface area contributed by atoms with Gasteiger partial charge in [0.15, 0.2) is 0 Å². The summed E-state index contributed by atoms with van der Waals surface area (Å²) in [6.45, 7) is 2.35. The number of carbonyl (C=O) groups excluding carboxylic acids is 2. The predicted molar refractivity (Wildman–Crippen MR) is 87.9 cm³/mol. The molecule has 0 aliphatic carbocycles. The van der Waals surface area contributed by atoms with Gasteiger partial charge < -0.3 is 15.8 Å². The van der Waals surface area contributed by atoms with Crippen LogP contribution in [0.5, 0.6) is 0 Å². The van der Waals surface area contributed by atoms with E-state index in [-0.39, 0.29) is 24.5 Å². The normalized spacial score (nSPS) is 21.0. The van der Waals surface area contributed by atoms with Crippen LogP contribution in [0.25, 0.3) is 5.57 Å². The van der Waals surface area contributed by atoms with Crippen LogP contribution >= 0.6 is 0 Å². The van der Waals surface area contributed by atoms with Gasteiger partial charge in [-0.15, -0.1) is 0 Å². The maximum absolute atomic E-state index is 12.0. The number of cyclic esters (lactones) is 1. The molecule has 0 unspecified atom stereocenters. The van der Waals surface area contributed by atoms with E-state index in [2.05, 4.69) is 11.4 Å². The first kappa shape index (κ1) is 15.6. The van der Waals surface area contributed by atoms with E-state index in [1.54, 1.807) is 4.90 Å². The van der Waals surface area contributed by atoms with Crippen LogP contribution in [0.3, 0.4) is 0 Å². The van der Waals surface area contributed by atoms with Crippen LogP contribution in [0.2, 0.25) is 0 Å². The molecule has 23 heavy (non-hydrogen) atoms. The molecule has 0 aromatic heterocycles. The molecule has 1 aromatic carbocycles. The fourth-order valence-electron chi connectivity index (χ4n) is 2.93. The molecule has 122 valence electrons. The quantitative estimate of drug-likeness (QED) is 0.865. The van der Waals surface area contributed by atoms with E-state index in [9.17, 15) is 9.59 Å². The highest BCUT2D eigenvalue weighted by Gasteiger charge is 2.32. The Hall–Kier alpha value is -2.34. The number of nitrogens with two attached hydrogens (primary N) is 1. The van der Waals surface area contributed by atoms with Crippen molar-refractivity contribution in [2.75, 3.05) is 24.5 Å². The zero-order valence-corrected chi connectivity index (χ0v) is 13.0. The summed E-state index contributed by atoms with van der Waals surface area (Å²) < 4.78 is 5.28. The van der Waals surface area contributed by atoms with Gasteiger partial charge in [-0.1, -0.05) is 18.2 Å². The van der Waals surface area contributed by atoms with Crippen LogP contribution in [0.1, 0.15) is 24.8 Å². The molecule has 2 aliphatic rings. The van der Waals surface area contributed by atoms with Crippen LogP contribution in [0, 0.1) is 0 Å². The molecule has 2 heterocycles. The minimum atomic E-state index is -0.376. The van der Waals surface area contributed by atoms with E-state index in [0.29, 0.717) is 13.0 Å². The van der Waals surface area contributed by atoms with Crippen LogP contribution in [0.4, 0.5) is 10.5 Å². The molecule has 3 N–H and O–H groups in total. The van der Waals surface area contributed by atoms with Crippen LogP contribution in [0.15, 0.2) is 30.3 Å². The summed E-state index contributed by atoms with van der Waals surface area (Å²) in [6, 6.07) is 7.96. The monoisotopic (exact) mass is 315 g/mol. The number of hydrogen-bond acceptors (Lipinski definition) is 4. The van der Waals surface area contributed by atoms with Crippen molar-refractivity contribution in [2.45, 2.75) is 25.4 Å². The standard InChI is InChI=1S/C17H21N3O3/c18-16(21)6-5-15-11-20(17(22)23-15)14-3-1-12(2-4-14)13-7-9-19-10-8-13/h1-4,7,15,19H,5-6,8-11H2,(H2,18,21)/t15-/m0/s1. The van der Waals surface area contributed by atoms with Crippen molar-refractivity contribution in [1.29, 1.82) is 0 Å². The third-order valence-corrected chi connectivity index (χ3v) is 4.20. The summed E-state index contributed by atoms with van der Waals surface area (Å²) in [6.07, 6.45) is 3.26. The molecular weight excluding hydrogens is 294 g/mol. The number of carbonyl (C=O) groups is 2. The topological polar surface area (TPSA) is 84.7 Å². The molecule has 6 heteroatoms. The van der Waals surface area contributed by atoms with Gasteiger partial charge in [0.2, 0.25) is 5.91 Å². The van der Waals surface area contributed by atoms with E-state index < -0.39 is 0 Å². The Morgan fingerprint density at radius 2 is 2.13 bits per heavy atom. The Labute approximate surface area is 135 Å². The number of primary amides is 1. The Balaban J connectivity index is 1.66. The summed E-state index contributed by atoms with van der Waals surface area (Å²) in [5.74, 6) is -0.376. The number of hydrogen-bond donors (Lipinski definition) is 2. The van der Waals surface area contributed by atoms with Crippen LogP contribution in [-0.2, 0) is 9.53 Å². The molecular formula is C17H21N3O3. The SMILES string of the molecule is NC(=O)CC[C@H]1CN(c2ccc(C3=CCNCC3)cc2)C(=O)O1. The molecule has 1 saturated heterocycles. The first-order valence-corrected chi connectivity index (χ1v) is 7.90. The molecule has 0 spiro atoms. The summed E-state index contributed by atoms with van der Waals surface area (Å²) in [7, 11) is 0. The maximum atomic E-state index is 12.0. The van der Waals surface area contributed by atoms with Gasteiger partial charge in [0.1, 0.15) is 6.10 Å². The van der Waals surface area contributed by atoms with Crippen molar-refractivity contribution >= 4 is 23.3 Å². The van der Waals surface area contributed by atoms with Gasteiger partial charge in [-0.3, -0.25) is 9.69 Å². The van der Waals surface area contributed by atoms with E-state index >= 15 is 0 Å². The second kappa shape index (κ2) is 6.83. The van der Waals surface area contributed by atoms with Gasteiger partial charge in [0.25, 0.3) is 0 Å². The number of ether oxygens (including phenoxy) is 1. The average Bonchev–Trinajstić information content (AvgIpc) is 2.95. The highest BCUT2D eigenvalue weighted by Crippen LogP contribution is 2.26. The Morgan fingerprint density at radius 3 is 2.78 bits per heavy atom. The highest BCUT2D eigenvalue weighted by atomic mass is 16.6. The lowest BCUT2D eigenvalue weighted by Gasteiger charge is -2.16. The molecule has 0 bridgehead atoms. The van der Waals surface area contributed by atoms with Gasteiger partial charge in [0.05, 0.1) is 6.54 Å². The molecule has 1 atom stereocenters. The lowest BCUT2D eigenvalue weighted by atomic mass is 10.00. The second-order valence-electron chi connectivity index (χ2n) is 5.85. The third kappa shape index (κ3) is 3.71. The molecule has 6 nitrogen and oxygen atoms in total. The van der Waals surface area contributed by atoms with Crippen molar-refractivity contribution in [2.24, 2.45) is 5.73 Å². The van der Waals surface area contributed by atoms with Crippen molar-refractivity contribution in [3.8, 4) is 0 Å². The van der Waals surface area contributed by atoms with E-state index in [4.69, 9.17) is 10.5 Å². The summed E-state index contributed by atoms with van der Waals surface area (Å²) in [4.78, 5) is 24.4. The lowest BCUT2D eigenvalue weighted by molar-refractivity contribution is -0.118. The highest BCUT2D eigenvalue weighted by molar-refractivity contribution is 5.90. The number of nitrogens with zero attached hydrogens (tertiary/aromatic N) is 1. The Morgan fingerprint density at radius 1 is 1.35 bits per heavy atom.